The largest absolute Gasteiger partial charge is 0.316 e. The maximum atomic E-state index is 14.6. The molecule has 1 aromatic heterocycles. The fourth-order valence-electron chi connectivity index (χ4n) is 3.17. The van der Waals surface area contributed by atoms with Gasteiger partial charge in [0.05, 0.1) is 5.56 Å². The summed E-state index contributed by atoms with van der Waals surface area (Å²) in [6, 6.07) is 14.8. The highest BCUT2D eigenvalue weighted by Crippen LogP contribution is 2.25. The maximum Gasteiger partial charge on any atom is 0.226 e. The number of rotatable bonds is 7. The Morgan fingerprint density at radius 2 is 1.70 bits per heavy atom. The molecule has 3 aromatic rings. The number of hydrogen-bond donors (Lipinski definition) is 0. The van der Waals surface area contributed by atoms with Crippen LogP contribution in [0.4, 0.5) is 14.5 Å². The van der Waals surface area contributed by atoms with Crippen LogP contribution in [0.2, 0.25) is 0 Å². The van der Waals surface area contributed by atoms with Crippen molar-refractivity contribution in [3.05, 3.63) is 83.7 Å². The van der Waals surface area contributed by atoms with Crippen molar-refractivity contribution in [1.82, 2.24) is 4.98 Å². The molecule has 0 N–H and O–H groups in total. The molecular weight excluding hydrogens is 386 g/mol. The molecule has 0 aliphatic carbocycles. The van der Waals surface area contributed by atoms with Crippen LogP contribution >= 0.6 is 0 Å². The van der Waals surface area contributed by atoms with Crippen LogP contribution in [0, 0.1) is 11.8 Å². The third kappa shape index (κ3) is 4.76. The van der Waals surface area contributed by atoms with Gasteiger partial charge in [0.1, 0.15) is 5.82 Å². The summed E-state index contributed by atoms with van der Waals surface area (Å²) in [5.41, 5.74) is 2.45. The molecule has 30 heavy (non-hydrogen) atoms. The van der Waals surface area contributed by atoms with Gasteiger partial charge in [-0.05, 0) is 47.9 Å². The summed E-state index contributed by atoms with van der Waals surface area (Å²) in [6.07, 6.45) is 1.90. The molecule has 3 rings (SSSR count). The summed E-state index contributed by atoms with van der Waals surface area (Å²) in [7, 11) is 1.71. The van der Waals surface area contributed by atoms with Gasteiger partial charge in [0.25, 0.3) is 0 Å². The van der Waals surface area contributed by atoms with Gasteiger partial charge in [-0.3, -0.25) is 9.59 Å². The number of halogens is 2. The Labute approximate surface area is 174 Å². The number of amides is 1. The Morgan fingerprint density at radius 3 is 2.33 bits per heavy atom. The van der Waals surface area contributed by atoms with E-state index in [1.165, 1.54) is 18.3 Å². The number of aryl methyl sites for hydroxylation is 1. The molecule has 0 radical (unpaired) electrons. The van der Waals surface area contributed by atoms with E-state index in [0.29, 0.717) is 17.5 Å². The van der Waals surface area contributed by atoms with Crippen molar-refractivity contribution >= 4 is 17.4 Å². The third-order valence-electron chi connectivity index (χ3n) is 4.99. The standard InChI is InChI=1S/C24H22F2N2O2/c1-3-23(30)28(2)19-10-6-16(7-11-19)18-8-12-20(21(25)15-18)22(29)13-9-17-5-4-14-27-24(17)26/h4-8,10-12,14-15H,3,9,13H2,1-2H3. The van der Waals surface area contributed by atoms with E-state index in [0.717, 1.165) is 11.3 Å². The lowest BCUT2D eigenvalue weighted by atomic mass is 9.99. The number of aromatic nitrogens is 1. The number of Topliss-reactive ketones (excluding diaryl/α,β-unsaturated/α-hetero) is 1. The van der Waals surface area contributed by atoms with Gasteiger partial charge in [0.15, 0.2) is 5.78 Å². The zero-order valence-electron chi connectivity index (χ0n) is 16.9. The maximum absolute atomic E-state index is 14.6. The fourth-order valence-corrected chi connectivity index (χ4v) is 3.17. The summed E-state index contributed by atoms with van der Waals surface area (Å²) in [5, 5.41) is 0. The fraction of sp³-hybridized carbons (Fsp3) is 0.208. The monoisotopic (exact) mass is 408 g/mol. The van der Waals surface area contributed by atoms with E-state index in [-0.39, 0.29) is 24.3 Å². The first-order chi connectivity index (χ1) is 14.4. The summed E-state index contributed by atoms with van der Waals surface area (Å²) in [6.45, 7) is 1.80. The van der Waals surface area contributed by atoms with Crippen LogP contribution in [0.25, 0.3) is 11.1 Å². The SMILES string of the molecule is CCC(=O)N(C)c1ccc(-c2ccc(C(=O)CCc3cccnc3F)c(F)c2)cc1. The van der Waals surface area contributed by atoms with Gasteiger partial charge in [-0.25, -0.2) is 9.37 Å². The first-order valence-corrected chi connectivity index (χ1v) is 9.69. The van der Waals surface area contributed by atoms with E-state index in [1.54, 1.807) is 61.3 Å². The highest BCUT2D eigenvalue weighted by molar-refractivity contribution is 5.97. The molecule has 0 unspecified atom stereocenters. The topological polar surface area (TPSA) is 50.3 Å². The van der Waals surface area contributed by atoms with Crippen molar-refractivity contribution in [3.63, 3.8) is 0 Å². The Morgan fingerprint density at radius 1 is 1.00 bits per heavy atom. The number of carbonyl (C=O) groups is 2. The van der Waals surface area contributed by atoms with Gasteiger partial charge in [-0.1, -0.05) is 31.2 Å². The summed E-state index contributed by atoms with van der Waals surface area (Å²) < 4.78 is 28.2. The number of ketones is 1. The van der Waals surface area contributed by atoms with Gasteiger partial charge < -0.3 is 4.90 Å². The molecule has 1 amide bonds. The van der Waals surface area contributed by atoms with Crippen LogP contribution in [-0.2, 0) is 11.2 Å². The number of carbonyl (C=O) groups excluding carboxylic acids is 2. The highest BCUT2D eigenvalue weighted by Gasteiger charge is 2.15. The molecule has 0 saturated heterocycles. The van der Waals surface area contributed by atoms with Crippen molar-refractivity contribution in [3.8, 4) is 11.1 Å². The molecule has 0 fully saturated rings. The second-order valence-electron chi connectivity index (χ2n) is 6.92. The van der Waals surface area contributed by atoms with Crippen molar-refractivity contribution in [2.75, 3.05) is 11.9 Å². The molecule has 6 heteroatoms. The smallest absolute Gasteiger partial charge is 0.226 e. The molecule has 1 heterocycles. The molecule has 0 atom stereocenters. The number of hydrogen-bond acceptors (Lipinski definition) is 3. The molecule has 0 bridgehead atoms. The minimum Gasteiger partial charge on any atom is -0.316 e. The predicted molar refractivity (Wildman–Crippen MR) is 112 cm³/mol. The predicted octanol–water partition coefficient (Wildman–Crippen LogP) is 5.22. The van der Waals surface area contributed by atoms with Crippen molar-refractivity contribution in [1.29, 1.82) is 0 Å². The van der Waals surface area contributed by atoms with Gasteiger partial charge in [0.2, 0.25) is 11.9 Å². The van der Waals surface area contributed by atoms with Gasteiger partial charge >= 0.3 is 0 Å². The van der Waals surface area contributed by atoms with E-state index in [2.05, 4.69) is 4.98 Å². The second-order valence-corrected chi connectivity index (χ2v) is 6.92. The lowest BCUT2D eigenvalue weighted by Gasteiger charge is -2.16. The van der Waals surface area contributed by atoms with Crippen LogP contribution in [0.5, 0.6) is 0 Å². The first-order valence-electron chi connectivity index (χ1n) is 9.69. The molecular formula is C24H22F2N2O2. The second kappa shape index (κ2) is 9.39. The molecule has 0 spiro atoms. The van der Waals surface area contributed by atoms with E-state index in [9.17, 15) is 18.4 Å². The Hall–Kier alpha value is -3.41. The molecule has 2 aromatic carbocycles. The minimum absolute atomic E-state index is 0.00262. The number of anilines is 1. The zero-order chi connectivity index (χ0) is 21.7. The molecule has 154 valence electrons. The molecule has 0 aliphatic rings. The van der Waals surface area contributed by atoms with Crippen molar-refractivity contribution < 1.29 is 18.4 Å². The number of benzene rings is 2. The van der Waals surface area contributed by atoms with Gasteiger partial charge in [-0.2, -0.15) is 4.39 Å². The molecule has 0 aliphatic heterocycles. The normalized spacial score (nSPS) is 10.7. The highest BCUT2D eigenvalue weighted by atomic mass is 19.1. The lowest BCUT2D eigenvalue weighted by molar-refractivity contribution is -0.118. The van der Waals surface area contributed by atoms with E-state index < -0.39 is 17.5 Å². The summed E-state index contributed by atoms with van der Waals surface area (Å²) >= 11 is 0. The zero-order valence-corrected chi connectivity index (χ0v) is 16.9. The summed E-state index contributed by atoms with van der Waals surface area (Å²) in [5.74, 6) is -1.62. The Balaban J connectivity index is 1.72. The van der Waals surface area contributed by atoms with Gasteiger partial charge in [0, 0.05) is 37.3 Å². The first kappa shape index (κ1) is 21.3. The summed E-state index contributed by atoms with van der Waals surface area (Å²) in [4.78, 5) is 29.3. The molecule has 0 saturated carbocycles. The average Bonchev–Trinajstić information content (AvgIpc) is 2.77. The number of nitrogens with zero attached hydrogens (tertiary/aromatic N) is 2. The Kier molecular flexibility index (Phi) is 6.67. The lowest BCUT2D eigenvalue weighted by Crippen LogP contribution is -2.24. The number of pyridine rings is 1. The van der Waals surface area contributed by atoms with E-state index >= 15 is 0 Å². The third-order valence-corrected chi connectivity index (χ3v) is 4.99. The van der Waals surface area contributed by atoms with E-state index in [1.807, 2.05) is 0 Å². The average molecular weight is 408 g/mol. The quantitative estimate of drug-likeness (QED) is 0.398. The molecule has 4 nitrogen and oxygen atoms in total. The van der Waals surface area contributed by atoms with Gasteiger partial charge in [-0.15, -0.1) is 0 Å². The van der Waals surface area contributed by atoms with Crippen LogP contribution in [0.1, 0.15) is 35.7 Å². The van der Waals surface area contributed by atoms with Crippen LogP contribution in [0.3, 0.4) is 0 Å². The van der Waals surface area contributed by atoms with Crippen LogP contribution in [0.15, 0.2) is 60.8 Å². The minimum atomic E-state index is -0.619. The van der Waals surface area contributed by atoms with E-state index in [4.69, 9.17) is 0 Å². The van der Waals surface area contributed by atoms with Crippen molar-refractivity contribution in [2.45, 2.75) is 26.2 Å². The van der Waals surface area contributed by atoms with Crippen molar-refractivity contribution in [2.24, 2.45) is 0 Å². The Bertz CT molecular complexity index is 1070. The van der Waals surface area contributed by atoms with Crippen LogP contribution < -0.4 is 4.90 Å². The van der Waals surface area contributed by atoms with Crippen LogP contribution in [-0.4, -0.2) is 23.7 Å².